The van der Waals surface area contributed by atoms with Crippen molar-refractivity contribution in [2.45, 2.75) is 39.7 Å². The molecule has 0 bridgehead atoms. The Morgan fingerprint density at radius 2 is 2.14 bits per heavy atom. The molecular formula is C11H23NOS. The molecule has 0 radical (unpaired) electrons. The van der Waals surface area contributed by atoms with E-state index in [1.165, 1.54) is 12.2 Å². The number of hydrogen-bond donors (Lipinski definition) is 0. The number of Topliss-reactive ketones (excluding diaryl/α,β-unsaturated/α-hetero) is 1. The highest BCUT2D eigenvalue weighted by Gasteiger charge is 2.18. The smallest absolute Gasteiger partial charge is 0.131 e. The lowest BCUT2D eigenvalue weighted by atomic mass is 10.1. The minimum Gasteiger partial charge on any atom is -0.302 e. The summed E-state index contributed by atoms with van der Waals surface area (Å²) in [6.45, 7) is 6.83. The molecule has 1 aliphatic heterocycles. The first kappa shape index (κ1) is 14.0. The average Bonchev–Trinajstić information content (AvgIpc) is 2.35. The van der Waals surface area contributed by atoms with Gasteiger partial charge >= 0.3 is 0 Å². The molecule has 0 aromatic carbocycles. The molecule has 2 nitrogen and oxygen atoms in total. The van der Waals surface area contributed by atoms with E-state index >= 15 is 0 Å². The quantitative estimate of drug-likeness (QED) is 0.708. The minimum absolute atomic E-state index is 0.314. The molecule has 1 heterocycles. The summed E-state index contributed by atoms with van der Waals surface area (Å²) in [5, 5.41) is 0. The molecule has 0 aromatic rings. The molecule has 0 spiro atoms. The molecule has 1 saturated heterocycles. The van der Waals surface area contributed by atoms with Gasteiger partial charge < -0.3 is 4.90 Å². The monoisotopic (exact) mass is 217 g/mol. The number of nitrogens with zero attached hydrogens (tertiary/aromatic N) is 1. The van der Waals surface area contributed by atoms with Crippen molar-refractivity contribution in [3.8, 4) is 0 Å². The Morgan fingerprint density at radius 1 is 1.50 bits per heavy atom. The third-order valence-corrected chi connectivity index (χ3v) is 3.45. The Morgan fingerprint density at radius 3 is 2.71 bits per heavy atom. The molecule has 0 N–H and O–H groups in total. The van der Waals surface area contributed by atoms with E-state index in [0.717, 1.165) is 18.7 Å². The second-order valence-corrected chi connectivity index (χ2v) is 4.62. The molecule has 1 aliphatic rings. The summed E-state index contributed by atoms with van der Waals surface area (Å²) in [5.41, 5.74) is 0. The number of rotatable bonds is 2. The molecule has 0 aromatic heterocycles. The fraction of sp³-hybridized carbons (Fsp3) is 0.909. The Hall–Kier alpha value is -0.0200. The van der Waals surface area contributed by atoms with E-state index in [0.29, 0.717) is 11.8 Å². The first-order valence-corrected chi connectivity index (χ1v) is 6.63. The Kier molecular flexibility index (Phi) is 8.29. The van der Waals surface area contributed by atoms with Crippen molar-refractivity contribution < 1.29 is 4.79 Å². The van der Waals surface area contributed by atoms with Crippen LogP contribution in [-0.2, 0) is 4.79 Å². The van der Waals surface area contributed by atoms with Crippen LogP contribution < -0.4 is 0 Å². The van der Waals surface area contributed by atoms with Crippen molar-refractivity contribution in [1.82, 2.24) is 4.90 Å². The number of thioether (sulfide) groups is 1. The lowest BCUT2D eigenvalue weighted by Crippen LogP contribution is -2.34. The maximum absolute atomic E-state index is 10.9. The molecule has 84 valence electrons. The number of carbonyl (C=O) groups is 1. The van der Waals surface area contributed by atoms with Crippen LogP contribution in [0, 0.1) is 0 Å². The SMILES string of the molecule is CC.CC(=O)CC1CSCCCN1C. The predicted molar refractivity (Wildman–Crippen MR) is 65.0 cm³/mol. The molecule has 0 amide bonds. The second kappa shape index (κ2) is 8.30. The van der Waals surface area contributed by atoms with Gasteiger partial charge in [-0.15, -0.1) is 0 Å². The molecular weight excluding hydrogens is 194 g/mol. The van der Waals surface area contributed by atoms with Crippen LogP contribution in [0.2, 0.25) is 0 Å². The Labute approximate surface area is 92.4 Å². The van der Waals surface area contributed by atoms with Gasteiger partial charge in [-0.25, -0.2) is 0 Å². The lowest BCUT2D eigenvalue weighted by molar-refractivity contribution is -0.117. The van der Waals surface area contributed by atoms with Crippen molar-refractivity contribution in [2.75, 3.05) is 25.1 Å². The maximum atomic E-state index is 10.9. The standard InChI is InChI=1S/C9H17NOS.C2H6/c1-8(11)6-9-7-12-5-3-4-10(9)2;1-2/h9H,3-7H2,1-2H3;1-2H3. The zero-order valence-corrected chi connectivity index (χ0v) is 10.7. The van der Waals surface area contributed by atoms with Crippen molar-refractivity contribution in [2.24, 2.45) is 0 Å². The summed E-state index contributed by atoms with van der Waals surface area (Å²) in [6, 6.07) is 0.481. The van der Waals surface area contributed by atoms with Crippen LogP contribution in [0.25, 0.3) is 0 Å². The van der Waals surface area contributed by atoms with E-state index < -0.39 is 0 Å². The van der Waals surface area contributed by atoms with Crippen molar-refractivity contribution in [3.05, 3.63) is 0 Å². The second-order valence-electron chi connectivity index (χ2n) is 3.47. The fourth-order valence-corrected chi connectivity index (χ4v) is 2.64. The summed E-state index contributed by atoms with van der Waals surface area (Å²) in [6.07, 6.45) is 1.99. The zero-order valence-electron chi connectivity index (χ0n) is 9.88. The van der Waals surface area contributed by atoms with Crippen LogP contribution in [0.1, 0.15) is 33.6 Å². The topological polar surface area (TPSA) is 20.3 Å². The number of hydrogen-bond acceptors (Lipinski definition) is 3. The first-order valence-electron chi connectivity index (χ1n) is 5.47. The molecule has 1 fully saturated rings. The van der Waals surface area contributed by atoms with Gasteiger partial charge in [0, 0.05) is 18.2 Å². The third kappa shape index (κ3) is 5.66. The molecule has 3 heteroatoms. The van der Waals surface area contributed by atoms with Gasteiger partial charge in [-0.1, -0.05) is 13.8 Å². The highest BCUT2D eigenvalue weighted by molar-refractivity contribution is 7.99. The molecule has 1 unspecified atom stereocenters. The van der Waals surface area contributed by atoms with Gasteiger partial charge in [-0.05, 0) is 32.7 Å². The molecule has 1 rings (SSSR count). The van der Waals surface area contributed by atoms with Crippen molar-refractivity contribution in [1.29, 1.82) is 0 Å². The average molecular weight is 217 g/mol. The summed E-state index contributed by atoms with van der Waals surface area (Å²) < 4.78 is 0. The summed E-state index contributed by atoms with van der Waals surface area (Å²) in [4.78, 5) is 13.3. The van der Waals surface area contributed by atoms with Crippen molar-refractivity contribution in [3.63, 3.8) is 0 Å². The maximum Gasteiger partial charge on any atom is 0.131 e. The summed E-state index contributed by atoms with van der Waals surface area (Å²) in [7, 11) is 2.12. The molecule has 14 heavy (non-hydrogen) atoms. The largest absolute Gasteiger partial charge is 0.302 e. The van der Waals surface area contributed by atoms with Crippen molar-refractivity contribution >= 4 is 17.5 Å². The number of ketones is 1. The molecule has 0 aliphatic carbocycles. The Balaban J connectivity index is 0.000000791. The van der Waals surface area contributed by atoms with Gasteiger partial charge in [0.05, 0.1) is 0 Å². The first-order chi connectivity index (χ1) is 6.70. The van der Waals surface area contributed by atoms with Gasteiger partial charge in [0.1, 0.15) is 5.78 Å². The van der Waals surface area contributed by atoms with E-state index in [9.17, 15) is 4.79 Å². The summed E-state index contributed by atoms with van der Waals surface area (Å²) >= 11 is 1.98. The van der Waals surface area contributed by atoms with Crippen LogP contribution in [0.5, 0.6) is 0 Å². The minimum atomic E-state index is 0.314. The van der Waals surface area contributed by atoms with E-state index in [2.05, 4.69) is 11.9 Å². The predicted octanol–water partition coefficient (Wildman–Crippen LogP) is 2.43. The van der Waals surface area contributed by atoms with E-state index in [-0.39, 0.29) is 0 Å². The normalized spacial score (nSPS) is 23.3. The van der Waals surface area contributed by atoms with Gasteiger partial charge in [0.15, 0.2) is 0 Å². The highest BCUT2D eigenvalue weighted by atomic mass is 32.2. The van der Waals surface area contributed by atoms with Crippen LogP contribution in [0.3, 0.4) is 0 Å². The third-order valence-electron chi connectivity index (χ3n) is 2.26. The molecule has 1 atom stereocenters. The highest BCUT2D eigenvalue weighted by Crippen LogP contribution is 2.16. The van der Waals surface area contributed by atoms with E-state index in [1.807, 2.05) is 25.6 Å². The van der Waals surface area contributed by atoms with E-state index in [1.54, 1.807) is 6.92 Å². The Bertz CT molecular complexity index is 161. The van der Waals surface area contributed by atoms with Gasteiger partial charge in [0.25, 0.3) is 0 Å². The van der Waals surface area contributed by atoms with Crippen LogP contribution in [0.15, 0.2) is 0 Å². The van der Waals surface area contributed by atoms with Crippen LogP contribution in [-0.4, -0.2) is 41.8 Å². The number of carbonyl (C=O) groups excluding carboxylic acids is 1. The molecule has 0 saturated carbocycles. The van der Waals surface area contributed by atoms with Gasteiger partial charge in [0.2, 0.25) is 0 Å². The van der Waals surface area contributed by atoms with Gasteiger partial charge in [-0.3, -0.25) is 4.79 Å². The van der Waals surface area contributed by atoms with E-state index in [4.69, 9.17) is 0 Å². The van der Waals surface area contributed by atoms with Crippen LogP contribution in [0.4, 0.5) is 0 Å². The lowest BCUT2D eigenvalue weighted by Gasteiger charge is -2.23. The van der Waals surface area contributed by atoms with Crippen LogP contribution >= 0.6 is 11.8 Å². The van der Waals surface area contributed by atoms with Gasteiger partial charge in [-0.2, -0.15) is 11.8 Å². The summed E-state index contributed by atoms with van der Waals surface area (Å²) in [5.74, 6) is 2.68. The zero-order chi connectivity index (χ0) is 11.0. The fourth-order valence-electron chi connectivity index (χ4n) is 1.49.